The Labute approximate surface area is 151 Å². The first-order valence-corrected chi connectivity index (χ1v) is 8.09. The molecular formula is C20H21N3O3. The predicted octanol–water partition coefficient (Wildman–Crippen LogP) is 3.22. The number of carbonyl (C=O) groups excluding carboxylic acids is 1. The molecule has 0 atom stereocenters. The van der Waals surface area contributed by atoms with Crippen LogP contribution in [0.1, 0.15) is 21.5 Å². The summed E-state index contributed by atoms with van der Waals surface area (Å²) in [5.41, 5.74) is 16.5. The summed E-state index contributed by atoms with van der Waals surface area (Å²) < 4.78 is 10.7. The van der Waals surface area contributed by atoms with Crippen molar-refractivity contribution >= 4 is 22.5 Å². The minimum Gasteiger partial charge on any atom is -0.493 e. The number of benzene rings is 2. The van der Waals surface area contributed by atoms with Crippen LogP contribution in [0.15, 0.2) is 30.3 Å². The van der Waals surface area contributed by atoms with Crippen molar-refractivity contribution in [2.45, 2.75) is 13.8 Å². The molecule has 1 amide bonds. The van der Waals surface area contributed by atoms with Crippen LogP contribution in [0.25, 0.3) is 22.2 Å². The van der Waals surface area contributed by atoms with Gasteiger partial charge in [0.15, 0.2) is 11.5 Å². The molecule has 0 aliphatic carbocycles. The summed E-state index contributed by atoms with van der Waals surface area (Å²) in [5.74, 6) is 0.582. The number of rotatable bonds is 4. The number of fused-ring (bicyclic) bond motifs is 1. The second-order valence-electron chi connectivity index (χ2n) is 6.17. The van der Waals surface area contributed by atoms with Crippen molar-refractivity contribution in [2.24, 2.45) is 5.73 Å². The van der Waals surface area contributed by atoms with E-state index in [1.165, 1.54) is 0 Å². The lowest BCUT2D eigenvalue weighted by Gasteiger charge is -2.14. The van der Waals surface area contributed by atoms with Crippen molar-refractivity contribution in [3.63, 3.8) is 0 Å². The Balaban J connectivity index is 2.35. The van der Waals surface area contributed by atoms with Crippen LogP contribution in [0, 0.1) is 13.8 Å². The van der Waals surface area contributed by atoms with Crippen molar-refractivity contribution in [1.82, 2.24) is 4.98 Å². The maximum absolute atomic E-state index is 12.1. The molecule has 0 spiro atoms. The van der Waals surface area contributed by atoms with E-state index in [0.717, 1.165) is 22.1 Å². The van der Waals surface area contributed by atoms with Crippen LogP contribution >= 0.6 is 0 Å². The zero-order valence-electron chi connectivity index (χ0n) is 15.2. The zero-order valence-corrected chi connectivity index (χ0v) is 15.2. The quantitative estimate of drug-likeness (QED) is 0.703. The van der Waals surface area contributed by atoms with Gasteiger partial charge in [-0.15, -0.1) is 0 Å². The number of ether oxygens (including phenoxy) is 2. The van der Waals surface area contributed by atoms with E-state index < -0.39 is 5.91 Å². The minimum absolute atomic E-state index is 0.344. The van der Waals surface area contributed by atoms with Crippen LogP contribution in [0.4, 0.5) is 5.69 Å². The van der Waals surface area contributed by atoms with E-state index >= 15 is 0 Å². The highest BCUT2D eigenvalue weighted by Gasteiger charge is 2.18. The second kappa shape index (κ2) is 6.55. The molecule has 2 aromatic carbocycles. The van der Waals surface area contributed by atoms with Crippen LogP contribution in [0.5, 0.6) is 11.5 Å². The van der Waals surface area contributed by atoms with Gasteiger partial charge >= 0.3 is 0 Å². The Bertz CT molecular complexity index is 1030. The van der Waals surface area contributed by atoms with Crippen molar-refractivity contribution in [1.29, 1.82) is 0 Å². The Hall–Kier alpha value is -3.28. The van der Waals surface area contributed by atoms with Crippen molar-refractivity contribution < 1.29 is 14.3 Å². The van der Waals surface area contributed by atoms with Crippen molar-refractivity contribution in [3.8, 4) is 22.8 Å². The average Bonchev–Trinajstić information content (AvgIpc) is 2.62. The lowest BCUT2D eigenvalue weighted by molar-refractivity contribution is 0.100. The molecule has 4 N–H and O–H groups in total. The van der Waals surface area contributed by atoms with Crippen molar-refractivity contribution in [3.05, 3.63) is 47.0 Å². The largest absolute Gasteiger partial charge is 0.493 e. The van der Waals surface area contributed by atoms with Crippen LogP contribution in [0.2, 0.25) is 0 Å². The molecule has 26 heavy (non-hydrogen) atoms. The number of primary amides is 1. The number of nitrogens with zero attached hydrogens (tertiary/aromatic N) is 1. The Morgan fingerprint density at radius 1 is 0.962 bits per heavy atom. The number of hydrogen-bond acceptors (Lipinski definition) is 5. The molecule has 6 nitrogen and oxygen atoms in total. The van der Waals surface area contributed by atoms with Crippen LogP contribution in [-0.2, 0) is 0 Å². The third kappa shape index (κ3) is 2.90. The van der Waals surface area contributed by atoms with E-state index in [1.54, 1.807) is 32.4 Å². The standard InChI is InChI=1S/C20H21N3O3/c1-10-6-15(21)11(2)5-13(10)19-14(20(22)24)7-12-8-17(25-3)18(26-4)9-16(12)23-19/h5-9H,21H2,1-4H3,(H2,22,24). The molecule has 3 aromatic rings. The molecule has 0 radical (unpaired) electrons. The third-order valence-corrected chi connectivity index (χ3v) is 4.45. The molecular weight excluding hydrogens is 330 g/mol. The number of pyridine rings is 1. The summed E-state index contributed by atoms with van der Waals surface area (Å²) in [5, 5.41) is 0.741. The van der Waals surface area contributed by atoms with Gasteiger partial charge in [0.1, 0.15) is 0 Å². The molecule has 1 aromatic heterocycles. The number of amides is 1. The van der Waals surface area contributed by atoms with Gasteiger partial charge in [0.25, 0.3) is 5.91 Å². The summed E-state index contributed by atoms with van der Waals surface area (Å²) in [4.78, 5) is 16.8. The summed E-state index contributed by atoms with van der Waals surface area (Å²) in [7, 11) is 3.12. The van der Waals surface area contributed by atoms with Gasteiger partial charge in [0.05, 0.1) is 31.0 Å². The van der Waals surface area contributed by atoms with E-state index in [4.69, 9.17) is 25.9 Å². The SMILES string of the molecule is COc1cc2cc(C(N)=O)c(-c3cc(C)c(N)cc3C)nc2cc1OC. The molecule has 0 saturated heterocycles. The molecule has 0 aliphatic heterocycles. The molecule has 0 bridgehead atoms. The number of anilines is 1. The van der Waals surface area contributed by atoms with Crippen LogP contribution < -0.4 is 20.9 Å². The fourth-order valence-electron chi connectivity index (χ4n) is 2.99. The number of aromatic nitrogens is 1. The van der Waals surface area contributed by atoms with Crippen LogP contribution in [-0.4, -0.2) is 25.1 Å². The fourth-order valence-corrected chi connectivity index (χ4v) is 2.99. The Morgan fingerprint density at radius 2 is 1.62 bits per heavy atom. The highest BCUT2D eigenvalue weighted by atomic mass is 16.5. The van der Waals surface area contributed by atoms with E-state index in [1.807, 2.05) is 26.0 Å². The molecule has 1 heterocycles. The summed E-state index contributed by atoms with van der Waals surface area (Å²) >= 11 is 0. The van der Waals surface area contributed by atoms with Gasteiger partial charge in [0, 0.05) is 22.7 Å². The van der Waals surface area contributed by atoms with Gasteiger partial charge in [0.2, 0.25) is 0 Å². The minimum atomic E-state index is -0.543. The van der Waals surface area contributed by atoms with E-state index in [2.05, 4.69) is 0 Å². The lowest BCUT2D eigenvalue weighted by Crippen LogP contribution is -2.14. The van der Waals surface area contributed by atoms with Gasteiger partial charge in [-0.05, 0) is 49.2 Å². The molecule has 0 saturated carbocycles. The average molecular weight is 351 g/mol. The molecule has 0 fully saturated rings. The first kappa shape index (κ1) is 17.5. The number of hydrogen-bond donors (Lipinski definition) is 2. The smallest absolute Gasteiger partial charge is 0.250 e. The second-order valence-corrected chi connectivity index (χ2v) is 6.17. The van der Waals surface area contributed by atoms with Gasteiger partial charge < -0.3 is 20.9 Å². The van der Waals surface area contributed by atoms with Gasteiger partial charge in [-0.3, -0.25) is 4.79 Å². The van der Waals surface area contributed by atoms with Gasteiger partial charge in [-0.25, -0.2) is 4.98 Å². The first-order valence-electron chi connectivity index (χ1n) is 8.09. The lowest BCUT2D eigenvalue weighted by atomic mass is 9.96. The summed E-state index contributed by atoms with van der Waals surface area (Å²) in [6, 6.07) is 9.08. The number of nitrogens with two attached hydrogens (primary N) is 2. The normalized spacial score (nSPS) is 10.8. The topological polar surface area (TPSA) is 100 Å². The highest BCUT2D eigenvalue weighted by molar-refractivity contribution is 6.03. The monoisotopic (exact) mass is 351 g/mol. The van der Waals surface area contributed by atoms with Gasteiger partial charge in [-0.1, -0.05) is 0 Å². The zero-order chi connectivity index (χ0) is 19.0. The Kier molecular flexibility index (Phi) is 4.42. The summed E-state index contributed by atoms with van der Waals surface area (Å²) in [6.45, 7) is 3.84. The Morgan fingerprint density at radius 3 is 2.23 bits per heavy atom. The maximum atomic E-state index is 12.1. The van der Waals surface area contributed by atoms with E-state index in [0.29, 0.717) is 34.0 Å². The highest BCUT2D eigenvalue weighted by Crippen LogP contribution is 2.35. The first-order chi connectivity index (χ1) is 12.3. The fraction of sp³-hybridized carbons (Fsp3) is 0.200. The van der Waals surface area contributed by atoms with Crippen molar-refractivity contribution in [2.75, 3.05) is 20.0 Å². The molecule has 134 valence electrons. The molecule has 3 rings (SSSR count). The number of aryl methyl sites for hydroxylation is 2. The number of carbonyl (C=O) groups is 1. The maximum Gasteiger partial charge on any atom is 0.250 e. The number of nitrogen functional groups attached to an aromatic ring is 1. The summed E-state index contributed by atoms with van der Waals surface area (Å²) in [6.07, 6.45) is 0. The van der Waals surface area contributed by atoms with E-state index in [-0.39, 0.29) is 0 Å². The van der Waals surface area contributed by atoms with E-state index in [9.17, 15) is 4.79 Å². The third-order valence-electron chi connectivity index (χ3n) is 4.45. The predicted molar refractivity (Wildman–Crippen MR) is 103 cm³/mol. The van der Waals surface area contributed by atoms with Crippen LogP contribution in [0.3, 0.4) is 0 Å². The van der Waals surface area contributed by atoms with Gasteiger partial charge in [-0.2, -0.15) is 0 Å². The molecule has 0 unspecified atom stereocenters. The molecule has 6 heteroatoms. The number of methoxy groups -OCH3 is 2. The molecule has 0 aliphatic rings.